The number of hydrogen-bond donors (Lipinski definition) is 2. The first-order valence-corrected chi connectivity index (χ1v) is 9.03. The zero-order valence-electron chi connectivity index (χ0n) is 16.0. The van der Waals surface area contributed by atoms with Crippen LogP contribution in [-0.4, -0.2) is 5.91 Å². The maximum Gasteiger partial charge on any atom is 0.416 e. The molecule has 3 aromatic rings. The third-order valence-electron chi connectivity index (χ3n) is 4.03. The third-order valence-corrected chi connectivity index (χ3v) is 4.03. The third kappa shape index (κ3) is 6.11. The number of carbonyl (C=O) groups excluding carboxylic acids is 1. The Kier molecular flexibility index (Phi) is 6.58. The van der Waals surface area contributed by atoms with Crippen LogP contribution in [0, 0.1) is 11.3 Å². The molecule has 0 fully saturated rings. The van der Waals surface area contributed by atoms with Crippen molar-refractivity contribution < 1.29 is 22.7 Å². The van der Waals surface area contributed by atoms with Gasteiger partial charge in [-0.1, -0.05) is 24.3 Å². The van der Waals surface area contributed by atoms with Crippen molar-refractivity contribution in [1.29, 1.82) is 5.26 Å². The van der Waals surface area contributed by atoms with Gasteiger partial charge in [-0.3, -0.25) is 4.79 Å². The van der Waals surface area contributed by atoms with Gasteiger partial charge in [0.15, 0.2) is 0 Å². The molecule has 0 aliphatic heterocycles. The van der Waals surface area contributed by atoms with E-state index in [2.05, 4.69) is 10.6 Å². The number of para-hydroxylation sites is 1. The molecular weight excluding hydrogens is 407 g/mol. The summed E-state index contributed by atoms with van der Waals surface area (Å²) in [5, 5.41) is 14.3. The van der Waals surface area contributed by atoms with Gasteiger partial charge >= 0.3 is 6.18 Å². The molecule has 0 aliphatic carbocycles. The van der Waals surface area contributed by atoms with Gasteiger partial charge < -0.3 is 15.4 Å². The van der Waals surface area contributed by atoms with E-state index in [4.69, 9.17) is 4.74 Å². The first kappa shape index (κ1) is 21.5. The molecule has 3 rings (SSSR count). The maximum absolute atomic E-state index is 12.8. The number of rotatable bonds is 6. The minimum Gasteiger partial charge on any atom is -0.457 e. The lowest BCUT2D eigenvalue weighted by molar-refractivity contribution is -0.137. The van der Waals surface area contributed by atoms with Gasteiger partial charge in [0.1, 0.15) is 23.1 Å². The normalized spacial score (nSPS) is 11.4. The second-order valence-electron chi connectivity index (χ2n) is 6.29. The van der Waals surface area contributed by atoms with E-state index in [0.29, 0.717) is 17.2 Å². The van der Waals surface area contributed by atoms with Crippen molar-refractivity contribution in [2.75, 3.05) is 10.6 Å². The lowest BCUT2D eigenvalue weighted by Gasteiger charge is -2.10. The molecule has 2 N–H and O–H groups in total. The van der Waals surface area contributed by atoms with Gasteiger partial charge in [0.05, 0.1) is 5.56 Å². The van der Waals surface area contributed by atoms with E-state index in [1.165, 1.54) is 18.3 Å². The molecular formula is C23H16F3N3O2. The Balaban J connectivity index is 1.64. The van der Waals surface area contributed by atoms with Crippen LogP contribution in [0.15, 0.2) is 90.6 Å². The fourth-order valence-electron chi connectivity index (χ4n) is 2.52. The van der Waals surface area contributed by atoms with E-state index in [1.807, 2.05) is 30.3 Å². The Morgan fingerprint density at radius 1 is 0.903 bits per heavy atom. The summed E-state index contributed by atoms with van der Waals surface area (Å²) in [6.45, 7) is 0. The Bertz CT molecular complexity index is 1120. The molecule has 5 nitrogen and oxygen atoms in total. The smallest absolute Gasteiger partial charge is 0.416 e. The molecule has 31 heavy (non-hydrogen) atoms. The van der Waals surface area contributed by atoms with Gasteiger partial charge in [-0.15, -0.1) is 0 Å². The molecule has 0 aliphatic rings. The number of nitrogens with one attached hydrogen (secondary N) is 2. The molecule has 0 aromatic heterocycles. The minimum absolute atomic E-state index is 0.0663. The minimum atomic E-state index is -4.54. The van der Waals surface area contributed by atoms with Gasteiger partial charge in [0.25, 0.3) is 5.91 Å². The highest BCUT2D eigenvalue weighted by Crippen LogP contribution is 2.30. The molecule has 0 heterocycles. The molecule has 0 spiro atoms. The number of benzene rings is 3. The van der Waals surface area contributed by atoms with Crippen molar-refractivity contribution in [2.24, 2.45) is 0 Å². The van der Waals surface area contributed by atoms with E-state index < -0.39 is 17.6 Å². The van der Waals surface area contributed by atoms with E-state index in [-0.39, 0.29) is 11.3 Å². The summed E-state index contributed by atoms with van der Waals surface area (Å²) in [6.07, 6.45) is -3.36. The molecule has 3 aromatic carbocycles. The van der Waals surface area contributed by atoms with Crippen molar-refractivity contribution in [3.63, 3.8) is 0 Å². The highest BCUT2D eigenvalue weighted by atomic mass is 19.4. The SMILES string of the molecule is N#C/C(=C/Nc1ccc(Oc2ccccc2)cc1)C(=O)Nc1cccc(C(F)(F)F)c1. The Hall–Kier alpha value is -4.25. The van der Waals surface area contributed by atoms with Crippen molar-refractivity contribution in [2.45, 2.75) is 6.18 Å². The van der Waals surface area contributed by atoms with E-state index >= 15 is 0 Å². The predicted molar refractivity (Wildman–Crippen MR) is 110 cm³/mol. The number of carbonyl (C=O) groups is 1. The number of ether oxygens (including phenoxy) is 1. The topological polar surface area (TPSA) is 74.1 Å². The van der Waals surface area contributed by atoms with Crippen LogP contribution in [0.3, 0.4) is 0 Å². The van der Waals surface area contributed by atoms with Gasteiger partial charge in [0.2, 0.25) is 0 Å². The summed E-state index contributed by atoms with van der Waals surface area (Å²) < 4.78 is 44.1. The number of anilines is 2. The van der Waals surface area contributed by atoms with Crippen molar-refractivity contribution in [3.8, 4) is 17.6 Å². The molecule has 0 radical (unpaired) electrons. The first-order valence-electron chi connectivity index (χ1n) is 9.03. The quantitative estimate of drug-likeness (QED) is 0.379. The molecule has 0 saturated heterocycles. The van der Waals surface area contributed by atoms with E-state index in [0.717, 1.165) is 12.1 Å². The van der Waals surface area contributed by atoms with Crippen molar-refractivity contribution in [1.82, 2.24) is 0 Å². The summed E-state index contributed by atoms with van der Waals surface area (Å²) in [7, 11) is 0. The molecule has 1 amide bonds. The van der Waals surface area contributed by atoms with Crippen LogP contribution in [0.1, 0.15) is 5.56 Å². The monoisotopic (exact) mass is 423 g/mol. The number of nitriles is 1. The molecule has 0 unspecified atom stereocenters. The van der Waals surface area contributed by atoms with Crippen LogP contribution in [0.25, 0.3) is 0 Å². The second-order valence-corrected chi connectivity index (χ2v) is 6.29. The summed E-state index contributed by atoms with van der Waals surface area (Å²) >= 11 is 0. The Morgan fingerprint density at radius 3 is 2.23 bits per heavy atom. The molecule has 0 saturated carbocycles. The maximum atomic E-state index is 12.8. The number of nitrogens with zero attached hydrogens (tertiary/aromatic N) is 1. The van der Waals surface area contributed by atoms with Crippen LogP contribution in [0.4, 0.5) is 24.5 Å². The van der Waals surface area contributed by atoms with E-state index in [9.17, 15) is 23.2 Å². The van der Waals surface area contributed by atoms with Crippen LogP contribution in [0.5, 0.6) is 11.5 Å². The van der Waals surface area contributed by atoms with Gasteiger partial charge in [-0.25, -0.2) is 0 Å². The summed E-state index contributed by atoms with van der Waals surface area (Å²) in [4.78, 5) is 12.2. The van der Waals surface area contributed by atoms with Crippen LogP contribution < -0.4 is 15.4 Å². The fraction of sp³-hybridized carbons (Fsp3) is 0.0435. The average molecular weight is 423 g/mol. The summed E-state index contributed by atoms with van der Waals surface area (Å²) in [5.41, 5.74) is -0.686. The average Bonchev–Trinajstić information content (AvgIpc) is 2.75. The summed E-state index contributed by atoms with van der Waals surface area (Å²) in [6, 6.07) is 21.9. The molecule has 8 heteroatoms. The van der Waals surface area contributed by atoms with Gasteiger partial charge in [0, 0.05) is 17.6 Å². The highest BCUT2D eigenvalue weighted by molar-refractivity contribution is 6.06. The molecule has 0 atom stereocenters. The second kappa shape index (κ2) is 9.50. The van der Waals surface area contributed by atoms with Crippen molar-refractivity contribution >= 4 is 17.3 Å². The van der Waals surface area contributed by atoms with Crippen molar-refractivity contribution in [3.05, 3.63) is 96.2 Å². The van der Waals surface area contributed by atoms with Crippen LogP contribution in [0.2, 0.25) is 0 Å². The summed E-state index contributed by atoms with van der Waals surface area (Å²) in [5.74, 6) is 0.447. The van der Waals surface area contributed by atoms with Crippen LogP contribution >= 0.6 is 0 Å². The van der Waals surface area contributed by atoms with E-state index in [1.54, 1.807) is 30.3 Å². The predicted octanol–water partition coefficient (Wildman–Crippen LogP) is 5.96. The van der Waals surface area contributed by atoms with Crippen LogP contribution in [-0.2, 0) is 11.0 Å². The van der Waals surface area contributed by atoms with Gasteiger partial charge in [-0.2, -0.15) is 18.4 Å². The first-order chi connectivity index (χ1) is 14.8. The Morgan fingerprint density at radius 2 is 1.58 bits per heavy atom. The lowest BCUT2D eigenvalue weighted by Crippen LogP contribution is -2.15. The molecule has 0 bridgehead atoms. The van der Waals surface area contributed by atoms with Gasteiger partial charge in [-0.05, 0) is 54.6 Å². The zero-order chi connectivity index (χ0) is 22.3. The zero-order valence-corrected chi connectivity index (χ0v) is 16.0. The largest absolute Gasteiger partial charge is 0.457 e. The lowest BCUT2D eigenvalue weighted by atomic mass is 10.2. The number of hydrogen-bond acceptors (Lipinski definition) is 4. The number of amides is 1. The highest BCUT2D eigenvalue weighted by Gasteiger charge is 2.30. The fourth-order valence-corrected chi connectivity index (χ4v) is 2.52. The number of halogens is 3. The Labute approximate surface area is 176 Å². The standard InChI is InChI=1S/C23H16F3N3O2/c24-23(25,26)17-5-4-6-19(13-17)29-22(30)16(14-27)15-28-18-9-11-21(12-10-18)31-20-7-2-1-3-8-20/h1-13,15,28H,(H,29,30)/b16-15-. The number of alkyl halides is 3. The molecule has 156 valence electrons.